The van der Waals surface area contributed by atoms with Gasteiger partial charge in [0.05, 0.1) is 15.2 Å². The van der Waals surface area contributed by atoms with E-state index >= 15 is 0 Å². The van der Waals surface area contributed by atoms with Crippen LogP contribution in [0.15, 0.2) is 42.5 Å². The molecule has 0 amide bonds. The van der Waals surface area contributed by atoms with Gasteiger partial charge in [0.2, 0.25) is 0 Å². The third kappa shape index (κ3) is 5.27. The molecular weight excluding hydrogens is 359 g/mol. The summed E-state index contributed by atoms with van der Waals surface area (Å²) in [6.07, 6.45) is 0.716. The first-order chi connectivity index (χ1) is 12.9. The predicted molar refractivity (Wildman–Crippen MR) is 111 cm³/mol. The zero-order valence-corrected chi connectivity index (χ0v) is 17.2. The van der Waals surface area contributed by atoms with E-state index in [1.54, 1.807) is 11.3 Å². The smallest absolute Gasteiger partial charge is 0.123 e. The van der Waals surface area contributed by atoms with Gasteiger partial charge in [-0.1, -0.05) is 12.1 Å². The Morgan fingerprint density at radius 3 is 2.41 bits per heavy atom. The maximum absolute atomic E-state index is 13.0. The summed E-state index contributed by atoms with van der Waals surface area (Å²) in [5.74, 6) is 0.672. The van der Waals surface area contributed by atoms with Gasteiger partial charge in [-0.2, -0.15) is 0 Å². The molecule has 0 radical (unpaired) electrons. The van der Waals surface area contributed by atoms with Gasteiger partial charge >= 0.3 is 0 Å². The lowest BCUT2D eigenvalue weighted by Gasteiger charge is -2.30. The van der Waals surface area contributed by atoms with Gasteiger partial charge in [0.25, 0.3) is 0 Å². The quantitative estimate of drug-likeness (QED) is 0.509. The number of fused-ring (bicyclic) bond motifs is 1. The van der Waals surface area contributed by atoms with Crippen molar-refractivity contribution in [2.75, 3.05) is 13.2 Å². The molecule has 1 aromatic heterocycles. The summed E-state index contributed by atoms with van der Waals surface area (Å²) in [6.45, 7) is 10.4. The van der Waals surface area contributed by atoms with Crippen LogP contribution in [-0.4, -0.2) is 35.1 Å². The van der Waals surface area contributed by atoms with E-state index in [2.05, 4.69) is 43.6 Å². The Balaban J connectivity index is 1.64. The molecule has 0 saturated carbocycles. The number of rotatable bonds is 8. The van der Waals surface area contributed by atoms with Crippen LogP contribution < -0.4 is 4.74 Å². The predicted octanol–water partition coefficient (Wildman–Crippen LogP) is 5.52. The third-order valence-corrected chi connectivity index (χ3v) is 5.64. The number of aromatic nitrogens is 1. The SMILES string of the molecule is CC(C)N(CCOc1ccc2nc(Cc3ccc(F)cc3)sc2c1)C(C)C. The number of benzene rings is 2. The van der Waals surface area contributed by atoms with Crippen LogP contribution in [-0.2, 0) is 6.42 Å². The van der Waals surface area contributed by atoms with E-state index in [0.717, 1.165) is 33.1 Å². The van der Waals surface area contributed by atoms with Gasteiger partial charge in [0, 0.05) is 25.0 Å². The topological polar surface area (TPSA) is 25.4 Å². The minimum absolute atomic E-state index is 0.210. The lowest BCUT2D eigenvalue weighted by Crippen LogP contribution is -2.39. The molecular formula is C22H27FN2OS. The normalized spacial score (nSPS) is 11.9. The van der Waals surface area contributed by atoms with Crippen molar-refractivity contribution in [2.24, 2.45) is 0 Å². The first kappa shape index (κ1) is 19.8. The van der Waals surface area contributed by atoms with Crippen LogP contribution in [0.5, 0.6) is 5.75 Å². The van der Waals surface area contributed by atoms with Gasteiger partial charge in [0.1, 0.15) is 18.2 Å². The van der Waals surface area contributed by atoms with Gasteiger partial charge in [-0.05, 0) is 63.6 Å². The highest BCUT2D eigenvalue weighted by Crippen LogP contribution is 2.28. The number of hydrogen-bond donors (Lipinski definition) is 0. The van der Waals surface area contributed by atoms with Crippen LogP contribution in [0.4, 0.5) is 4.39 Å². The van der Waals surface area contributed by atoms with Crippen molar-refractivity contribution in [1.82, 2.24) is 9.88 Å². The Labute approximate surface area is 164 Å². The molecule has 3 rings (SSSR count). The zero-order valence-electron chi connectivity index (χ0n) is 16.4. The largest absolute Gasteiger partial charge is 0.492 e. The molecule has 27 heavy (non-hydrogen) atoms. The fraction of sp³-hybridized carbons (Fsp3) is 0.409. The van der Waals surface area contributed by atoms with Gasteiger partial charge in [-0.25, -0.2) is 9.37 Å². The first-order valence-electron chi connectivity index (χ1n) is 9.45. The lowest BCUT2D eigenvalue weighted by atomic mass is 10.1. The molecule has 2 aromatic carbocycles. The van der Waals surface area contributed by atoms with E-state index in [4.69, 9.17) is 4.74 Å². The number of hydrogen-bond acceptors (Lipinski definition) is 4. The first-order valence-corrected chi connectivity index (χ1v) is 10.3. The van der Waals surface area contributed by atoms with E-state index in [0.29, 0.717) is 25.1 Å². The van der Waals surface area contributed by atoms with Crippen molar-refractivity contribution in [3.05, 3.63) is 58.9 Å². The summed E-state index contributed by atoms with van der Waals surface area (Å²) in [7, 11) is 0. The van der Waals surface area contributed by atoms with Gasteiger partial charge in [-0.3, -0.25) is 4.90 Å². The highest BCUT2D eigenvalue weighted by molar-refractivity contribution is 7.18. The Bertz CT molecular complexity index is 866. The molecule has 0 spiro atoms. The van der Waals surface area contributed by atoms with Gasteiger partial charge < -0.3 is 4.74 Å². The average molecular weight is 387 g/mol. The Morgan fingerprint density at radius 1 is 1.04 bits per heavy atom. The second-order valence-corrected chi connectivity index (χ2v) is 8.43. The Kier molecular flexibility index (Phi) is 6.45. The van der Waals surface area contributed by atoms with Crippen LogP contribution in [0.2, 0.25) is 0 Å². The van der Waals surface area contributed by atoms with E-state index in [-0.39, 0.29) is 5.82 Å². The number of thiazole rings is 1. The van der Waals surface area contributed by atoms with Crippen molar-refractivity contribution in [3.63, 3.8) is 0 Å². The summed E-state index contributed by atoms with van der Waals surface area (Å²) in [6, 6.07) is 13.7. The molecule has 0 aliphatic carbocycles. The fourth-order valence-electron chi connectivity index (χ4n) is 3.28. The highest BCUT2D eigenvalue weighted by atomic mass is 32.1. The molecule has 0 saturated heterocycles. The van der Waals surface area contributed by atoms with Gasteiger partial charge in [-0.15, -0.1) is 11.3 Å². The van der Waals surface area contributed by atoms with Crippen molar-refractivity contribution in [3.8, 4) is 5.75 Å². The van der Waals surface area contributed by atoms with Crippen molar-refractivity contribution < 1.29 is 9.13 Å². The molecule has 0 unspecified atom stereocenters. The second kappa shape index (κ2) is 8.81. The maximum Gasteiger partial charge on any atom is 0.123 e. The van der Waals surface area contributed by atoms with E-state index in [1.165, 1.54) is 12.1 Å². The lowest BCUT2D eigenvalue weighted by molar-refractivity contribution is 0.142. The van der Waals surface area contributed by atoms with Crippen molar-refractivity contribution in [1.29, 1.82) is 0 Å². The summed E-state index contributed by atoms with van der Waals surface area (Å²) >= 11 is 1.66. The molecule has 0 aliphatic rings. The number of ether oxygens (including phenoxy) is 1. The summed E-state index contributed by atoms with van der Waals surface area (Å²) < 4.78 is 20.1. The highest BCUT2D eigenvalue weighted by Gasteiger charge is 2.13. The molecule has 3 nitrogen and oxygen atoms in total. The minimum atomic E-state index is -0.210. The summed E-state index contributed by atoms with van der Waals surface area (Å²) in [5, 5.41) is 1.03. The van der Waals surface area contributed by atoms with Crippen LogP contribution in [0.1, 0.15) is 38.3 Å². The molecule has 0 N–H and O–H groups in total. The van der Waals surface area contributed by atoms with Crippen LogP contribution in [0.25, 0.3) is 10.2 Å². The molecule has 0 bridgehead atoms. The van der Waals surface area contributed by atoms with E-state index < -0.39 is 0 Å². The monoisotopic (exact) mass is 386 g/mol. The van der Waals surface area contributed by atoms with Crippen LogP contribution >= 0.6 is 11.3 Å². The van der Waals surface area contributed by atoms with Gasteiger partial charge in [0.15, 0.2) is 0 Å². The molecule has 0 atom stereocenters. The number of nitrogens with zero attached hydrogens (tertiary/aromatic N) is 2. The Morgan fingerprint density at radius 2 is 1.74 bits per heavy atom. The van der Waals surface area contributed by atoms with E-state index in [9.17, 15) is 4.39 Å². The molecule has 0 fully saturated rings. The maximum atomic E-state index is 13.0. The van der Waals surface area contributed by atoms with E-state index in [1.807, 2.05) is 24.3 Å². The molecule has 144 valence electrons. The summed E-state index contributed by atoms with van der Waals surface area (Å²) in [5.41, 5.74) is 2.05. The zero-order chi connectivity index (χ0) is 19.4. The van der Waals surface area contributed by atoms with Crippen LogP contribution in [0, 0.1) is 5.82 Å². The molecule has 5 heteroatoms. The van der Waals surface area contributed by atoms with Crippen molar-refractivity contribution in [2.45, 2.75) is 46.2 Å². The average Bonchev–Trinajstić information content (AvgIpc) is 3.01. The van der Waals surface area contributed by atoms with Crippen molar-refractivity contribution >= 4 is 21.6 Å². The molecule has 3 aromatic rings. The fourth-order valence-corrected chi connectivity index (χ4v) is 4.31. The standard InChI is InChI=1S/C22H27FN2OS/c1-15(2)25(16(3)4)11-12-26-19-9-10-20-21(14-19)27-22(24-20)13-17-5-7-18(23)8-6-17/h5-10,14-16H,11-13H2,1-4H3. The minimum Gasteiger partial charge on any atom is -0.492 e. The molecule has 0 aliphatic heterocycles. The van der Waals surface area contributed by atoms with Crippen LogP contribution in [0.3, 0.4) is 0 Å². The molecule has 1 heterocycles. The summed E-state index contributed by atoms with van der Waals surface area (Å²) in [4.78, 5) is 7.11. The second-order valence-electron chi connectivity index (χ2n) is 7.31. The third-order valence-electron chi connectivity index (χ3n) is 4.62. The Hall–Kier alpha value is -1.98. The number of halogens is 1.